The highest BCUT2D eigenvalue weighted by Crippen LogP contribution is 2.13. The second-order valence-electron chi connectivity index (χ2n) is 5.42. The zero-order valence-electron chi connectivity index (χ0n) is 12.1. The maximum Gasteiger partial charge on any atom is 0.0826 e. The fraction of sp³-hybridized carbons (Fsp3) is 0.625. The normalized spacial score (nSPS) is 22.3. The predicted octanol–water partition coefficient (Wildman–Crippen LogP) is 1.93. The van der Waals surface area contributed by atoms with E-state index in [-0.39, 0.29) is 0 Å². The van der Waals surface area contributed by atoms with Crippen LogP contribution >= 0.6 is 0 Å². The second-order valence-corrected chi connectivity index (χ2v) is 5.42. The molecule has 0 radical (unpaired) electrons. The molecule has 2 rings (SSSR count). The summed E-state index contributed by atoms with van der Waals surface area (Å²) in [6.45, 7) is 6.27. The van der Waals surface area contributed by atoms with Gasteiger partial charge in [-0.3, -0.25) is 4.90 Å². The lowest BCUT2D eigenvalue weighted by Gasteiger charge is -2.37. The third kappa shape index (κ3) is 4.60. The Hall–Kier alpha value is -0.900. The van der Waals surface area contributed by atoms with Gasteiger partial charge in [0.25, 0.3) is 0 Å². The molecule has 1 aliphatic heterocycles. The fourth-order valence-corrected chi connectivity index (χ4v) is 2.70. The molecule has 1 aromatic carbocycles. The van der Waals surface area contributed by atoms with Crippen LogP contribution in [0.25, 0.3) is 0 Å². The Morgan fingerprint density at radius 3 is 2.89 bits per heavy atom. The number of aryl methyl sites for hydroxylation is 1. The molecule has 0 saturated carbocycles. The Morgan fingerprint density at radius 2 is 2.16 bits per heavy atom. The number of nitrogens with zero attached hydrogens (tertiary/aromatic N) is 1. The average Bonchev–Trinajstić information content (AvgIpc) is 2.46. The molecule has 106 valence electrons. The molecule has 2 unspecified atom stereocenters. The molecule has 1 heterocycles. The first-order valence-electron chi connectivity index (χ1n) is 7.33. The molecule has 0 amide bonds. The van der Waals surface area contributed by atoms with E-state index in [1.807, 2.05) is 7.05 Å². The number of ether oxygens (including phenoxy) is 1. The smallest absolute Gasteiger partial charge is 0.0826 e. The second kappa shape index (κ2) is 7.63. The molecule has 0 aromatic heterocycles. The lowest BCUT2D eigenvalue weighted by atomic mass is 10.0. The van der Waals surface area contributed by atoms with E-state index in [0.717, 1.165) is 32.7 Å². The molecule has 2 atom stereocenters. The van der Waals surface area contributed by atoms with E-state index in [4.69, 9.17) is 4.74 Å². The summed E-state index contributed by atoms with van der Waals surface area (Å²) in [7, 11) is 1.99. The lowest BCUT2D eigenvalue weighted by Crippen LogP contribution is -2.49. The average molecular weight is 262 g/mol. The van der Waals surface area contributed by atoms with Gasteiger partial charge in [0.05, 0.1) is 12.7 Å². The number of hydrogen-bond donors (Lipinski definition) is 1. The summed E-state index contributed by atoms with van der Waals surface area (Å²) >= 11 is 0. The van der Waals surface area contributed by atoms with Gasteiger partial charge in [-0.1, -0.05) is 30.3 Å². The minimum atomic E-state index is 0.345. The van der Waals surface area contributed by atoms with Gasteiger partial charge in [0.1, 0.15) is 0 Å². The topological polar surface area (TPSA) is 24.5 Å². The van der Waals surface area contributed by atoms with E-state index in [0.29, 0.717) is 12.1 Å². The van der Waals surface area contributed by atoms with Crippen LogP contribution in [-0.2, 0) is 11.2 Å². The van der Waals surface area contributed by atoms with E-state index in [9.17, 15) is 0 Å². The SMILES string of the molecule is CNCC1CN(C(C)CCc2ccccc2)CCO1. The molecule has 3 nitrogen and oxygen atoms in total. The molecule has 1 N–H and O–H groups in total. The Kier molecular flexibility index (Phi) is 5.83. The third-order valence-electron chi connectivity index (χ3n) is 3.92. The molecule has 1 saturated heterocycles. The third-order valence-corrected chi connectivity index (χ3v) is 3.92. The molecule has 0 aliphatic carbocycles. The predicted molar refractivity (Wildman–Crippen MR) is 79.5 cm³/mol. The highest BCUT2D eigenvalue weighted by Gasteiger charge is 2.23. The largest absolute Gasteiger partial charge is 0.374 e. The van der Waals surface area contributed by atoms with Crippen LogP contribution in [0.1, 0.15) is 18.9 Å². The van der Waals surface area contributed by atoms with Crippen molar-refractivity contribution in [1.82, 2.24) is 10.2 Å². The number of benzene rings is 1. The summed E-state index contributed by atoms with van der Waals surface area (Å²) in [6, 6.07) is 11.4. The summed E-state index contributed by atoms with van der Waals surface area (Å²) in [5.41, 5.74) is 1.44. The highest BCUT2D eigenvalue weighted by atomic mass is 16.5. The van der Waals surface area contributed by atoms with E-state index < -0.39 is 0 Å². The minimum Gasteiger partial charge on any atom is -0.374 e. The van der Waals surface area contributed by atoms with Gasteiger partial charge >= 0.3 is 0 Å². The van der Waals surface area contributed by atoms with Gasteiger partial charge in [-0.15, -0.1) is 0 Å². The van der Waals surface area contributed by atoms with Crippen LogP contribution in [0.4, 0.5) is 0 Å². The molecule has 1 fully saturated rings. The number of rotatable bonds is 6. The fourth-order valence-electron chi connectivity index (χ4n) is 2.70. The minimum absolute atomic E-state index is 0.345. The molecule has 0 spiro atoms. The van der Waals surface area contributed by atoms with Crippen LogP contribution in [0.15, 0.2) is 30.3 Å². The Morgan fingerprint density at radius 1 is 1.37 bits per heavy atom. The van der Waals surface area contributed by atoms with Gasteiger partial charge in [0.15, 0.2) is 0 Å². The van der Waals surface area contributed by atoms with Crippen molar-refractivity contribution in [3.63, 3.8) is 0 Å². The summed E-state index contributed by atoms with van der Waals surface area (Å²) in [5.74, 6) is 0. The Balaban J connectivity index is 1.77. The number of hydrogen-bond acceptors (Lipinski definition) is 3. The number of morpholine rings is 1. The van der Waals surface area contributed by atoms with Crippen molar-refractivity contribution < 1.29 is 4.74 Å². The van der Waals surface area contributed by atoms with Gasteiger partial charge < -0.3 is 10.1 Å². The molecular formula is C16H26N2O. The zero-order chi connectivity index (χ0) is 13.5. The first-order valence-corrected chi connectivity index (χ1v) is 7.33. The molecule has 1 aliphatic rings. The van der Waals surface area contributed by atoms with Crippen LogP contribution in [0.2, 0.25) is 0 Å². The van der Waals surface area contributed by atoms with Gasteiger partial charge in [0, 0.05) is 25.7 Å². The van der Waals surface area contributed by atoms with Gasteiger partial charge in [0.2, 0.25) is 0 Å². The quantitative estimate of drug-likeness (QED) is 0.848. The standard InChI is InChI=1S/C16H26N2O/c1-14(8-9-15-6-4-3-5-7-15)18-10-11-19-16(13-18)12-17-2/h3-7,14,16-17H,8-13H2,1-2H3. The van der Waals surface area contributed by atoms with Crippen LogP contribution < -0.4 is 5.32 Å². The summed E-state index contributed by atoms with van der Waals surface area (Å²) in [5, 5.41) is 3.20. The first kappa shape index (κ1) is 14.5. The van der Waals surface area contributed by atoms with E-state index in [1.54, 1.807) is 0 Å². The molecule has 3 heteroatoms. The monoisotopic (exact) mass is 262 g/mol. The van der Waals surface area contributed by atoms with Crippen molar-refractivity contribution in [1.29, 1.82) is 0 Å². The summed E-state index contributed by atoms with van der Waals surface area (Å²) in [6.07, 6.45) is 2.73. The van der Waals surface area contributed by atoms with Crippen molar-refractivity contribution >= 4 is 0 Å². The Bertz CT molecular complexity index is 353. The van der Waals surface area contributed by atoms with Gasteiger partial charge in [-0.05, 0) is 32.4 Å². The maximum absolute atomic E-state index is 5.76. The van der Waals surface area contributed by atoms with Crippen LogP contribution in [0.5, 0.6) is 0 Å². The van der Waals surface area contributed by atoms with Crippen molar-refractivity contribution in [3.05, 3.63) is 35.9 Å². The van der Waals surface area contributed by atoms with Crippen molar-refractivity contribution in [3.8, 4) is 0 Å². The molecule has 0 bridgehead atoms. The van der Waals surface area contributed by atoms with E-state index in [2.05, 4.69) is 47.5 Å². The van der Waals surface area contributed by atoms with Crippen LogP contribution in [-0.4, -0.2) is 50.3 Å². The van der Waals surface area contributed by atoms with Crippen molar-refractivity contribution in [2.75, 3.05) is 33.3 Å². The lowest BCUT2D eigenvalue weighted by molar-refractivity contribution is -0.0397. The van der Waals surface area contributed by atoms with Crippen LogP contribution in [0.3, 0.4) is 0 Å². The molecule has 1 aromatic rings. The van der Waals surface area contributed by atoms with Crippen molar-refractivity contribution in [2.24, 2.45) is 0 Å². The Labute approximate surface area is 116 Å². The maximum atomic E-state index is 5.76. The summed E-state index contributed by atoms with van der Waals surface area (Å²) in [4.78, 5) is 2.56. The van der Waals surface area contributed by atoms with Crippen molar-refractivity contribution in [2.45, 2.75) is 31.9 Å². The first-order chi connectivity index (χ1) is 9.29. The number of likely N-dealkylation sites (N-methyl/N-ethyl adjacent to an activating group) is 1. The summed E-state index contributed by atoms with van der Waals surface area (Å²) < 4.78 is 5.76. The number of nitrogens with one attached hydrogen (secondary N) is 1. The van der Waals surface area contributed by atoms with Gasteiger partial charge in [-0.2, -0.15) is 0 Å². The highest BCUT2D eigenvalue weighted by molar-refractivity contribution is 5.14. The van der Waals surface area contributed by atoms with Gasteiger partial charge in [-0.25, -0.2) is 0 Å². The van der Waals surface area contributed by atoms with E-state index >= 15 is 0 Å². The van der Waals surface area contributed by atoms with E-state index in [1.165, 1.54) is 12.0 Å². The molecular weight excluding hydrogens is 236 g/mol. The van der Waals surface area contributed by atoms with Crippen LogP contribution in [0, 0.1) is 0 Å². The molecule has 19 heavy (non-hydrogen) atoms. The zero-order valence-corrected chi connectivity index (χ0v) is 12.1.